The maximum atomic E-state index is 12.4. The van der Waals surface area contributed by atoms with E-state index >= 15 is 0 Å². The Kier molecular flexibility index (Phi) is 8.84. The van der Waals surface area contributed by atoms with Gasteiger partial charge in [-0.3, -0.25) is 4.79 Å². The Morgan fingerprint density at radius 3 is 2.61 bits per heavy atom. The summed E-state index contributed by atoms with van der Waals surface area (Å²) in [5.41, 5.74) is 1.94. The normalized spacial score (nSPS) is 11.5. The quantitative estimate of drug-likeness (QED) is 0.409. The second kappa shape index (κ2) is 11.1. The third-order valence-corrected chi connectivity index (χ3v) is 4.77. The van der Waals surface area contributed by atoms with Gasteiger partial charge < -0.3 is 9.30 Å². The van der Waals surface area contributed by atoms with E-state index in [-0.39, 0.29) is 18.4 Å². The highest BCUT2D eigenvalue weighted by Crippen LogP contribution is 2.30. The van der Waals surface area contributed by atoms with Gasteiger partial charge >= 0.3 is 5.97 Å². The Balaban J connectivity index is 0.00000280. The van der Waals surface area contributed by atoms with Crippen molar-refractivity contribution in [3.8, 4) is 0 Å². The predicted molar refractivity (Wildman–Crippen MR) is 114 cm³/mol. The molecule has 0 aliphatic carbocycles. The van der Waals surface area contributed by atoms with E-state index in [0.29, 0.717) is 23.0 Å². The zero-order valence-corrected chi connectivity index (χ0v) is 17.5. The lowest BCUT2D eigenvalue weighted by Crippen LogP contribution is -2.17. The molecule has 0 saturated heterocycles. The number of imidazole rings is 1. The van der Waals surface area contributed by atoms with Crippen molar-refractivity contribution in [2.45, 2.75) is 31.9 Å². The Morgan fingerprint density at radius 1 is 1.14 bits per heavy atom. The highest BCUT2D eigenvalue weighted by Gasteiger charge is 2.20. The Morgan fingerprint density at radius 2 is 1.93 bits per heavy atom. The lowest BCUT2D eigenvalue weighted by molar-refractivity contribution is -0.150. The summed E-state index contributed by atoms with van der Waals surface area (Å²) in [5.74, 6) is -0.248. The number of benzene rings is 2. The maximum absolute atomic E-state index is 12.4. The number of hydrogen-bond donors (Lipinski definition) is 0. The number of carbonyl (C=O) groups excluding carboxylic acids is 1. The summed E-state index contributed by atoms with van der Waals surface area (Å²) in [6.45, 7) is 0.436. The molecule has 0 saturated carbocycles. The summed E-state index contributed by atoms with van der Waals surface area (Å²) in [4.78, 5) is 16.4. The monoisotopic (exact) mass is 438 g/mol. The van der Waals surface area contributed by atoms with Crippen molar-refractivity contribution >= 4 is 41.6 Å². The number of esters is 1. The molecule has 0 bridgehead atoms. The summed E-state index contributed by atoms with van der Waals surface area (Å²) < 4.78 is 7.61. The Bertz CT molecular complexity index is 871. The maximum Gasteiger partial charge on any atom is 0.306 e. The van der Waals surface area contributed by atoms with Crippen LogP contribution in [0.1, 0.15) is 30.1 Å². The van der Waals surface area contributed by atoms with E-state index in [4.69, 9.17) is 27.9 Å². The second-order valence-electron chi connectivity index (χ2n) is 6.24. The fourth-order valence-corrected chi connectivity index (χ4v) is 3.38. The largest absolute Gasteiger partial charge is 0.455 e. The van der Waals surface area contributed by atoms with Gasteiger partial charge in [0.2, 0.25) is 0 Å². The number of aryl methyl sites for hydroxylation is 1. The fraction of sp³-hybridized carbons (Fsp3) is 0.238. The average Bonchev–Trinajstić information content (AvgIpc) is 3.15. The standard InChI is InChI=1S/C21H20Cl2N2O2.ClH/c22-17-9-10-18(19(23)13-17)20(14-25-12-11-24-15-25)27-21(26)8-4-7-16-5-2-1-3-6-16;/h1-3,5-6,9-13,15,20H,4,7-8,14H2;1H. The van der Waals surface area contributed by atoms with Crippen LogP contribution in [0.3, 0.4) is 0 Å². The highest BCUT2D eigenvalue weighted by atomic mass is 35.5. The average molecular weight is 440 g/mol. The smallest absolute Gasteiger partial charge is 0.306 e. The molecule has 3 aromatic rings. The van der Waals surface area contributed by atoms with E-state index < -0.39 is 6.10 Å². The van der Waals surface area contributed by atoms with Crippen LogP contribution in [0.15, 0.2) is 67.3 Å². The van der Waals surface area contributed by atoms with Crippen LogP contribution in [-0.2, 0) is 22.5 Å². The number of carbonyl (C=O) groups is 1. The molecule has 0 aliphatic rings. The van der Waals surface area contributed by atoms with Crippen LogP contribution in [0, 0.1) is 0 Å². The van der Waals surface area contributed by atoms with Gasteiger partial charge in [-0.25, -0.2) is 4.98 Å². The van der Waals surface area contributed by atoms with Crippen LogP contribution in [0.25, 0.3) is 0 Å². The molecular weight excluding hydrogens is 419 g/mol. The van der Waals surface area contributed by atoms with Crippen molar-refractivity contribution in [2.24, 2.45) is 0 Å². The molecule has 0 N–H and O–H groups in total. The zero-order chi connectivity index (χ0) is 19.1. The first kappa shape index (κ1) is 22.3. The van der Waals surface area contributed by atoms with E-state index in [1.165, 1.54) is 5.56 Å². The molecule has 0 fully saturated rings. The topological polar surface area (TPSA) is 44.1 Å². The number of nitrogens with zero attached hydrogens (tertiary/aromatic N) is 2. The van der Waals surface area contributed by atoms with Crippen LogP contribution in [-0.4, -0.2) is 15.5 Å². The van der Waals surface area contributed by atoms with Crippen molar-refractivity contribution in [1.29, 1.82) is 0 Å². The first-order valence-corrected chi connectivity index (χ1v) is 9.51. The van der Waals surface area contributed by atoms with Gasteiger partial charge in [-0.2, -0.15) is 0 Å². The molecule has 1 atom stereocenters. The van der Waals surface area contributed by atoms with Crippen LogP contribution in [0.4, 0.5) is 0 Å². The van der Waals surface area contributed by atoms with E-state index in [2.05, 4.69) is 17.1 Å². The van der Waals surface area contributed by atoms with Gasteiger partial charge in [0.05, 0.1) is 12.9 Å². The SMILES string of the molecule is Cl.O=C(CCCc1ccccc1)OC(Cn1ccnc1)c1ccc(Cl)cc1Cl. The van der Waals surface area contributed by atoms with Gasteiger partial charge in [-0.05, 0) is 30.5 Å². The van der Waals surface area contributed by atoms with E-state index in [1.54, 1.807) is 30.7 Å². The highest BCUT2D eigenvalue weighted by molar-refractivity contribution is 6.35. The number of halogens is 3. The van der Waals surface area contributed by atoms with Gasteiger partial charge in [-0.15, -0.1) is 12.4 Å². The molecule has 4 nitrogen and oxygen atoms in total. The summed E-state index contributed by atoms with van der Waals surface area (Å²) in [6.07, 6.45) is 6.59. The van der Waals surface area contributed by atoms with Crippen molar-refractivity contribution in [3.63, 3.8) is 0 Å². The zero-order valence-electron chi connectivity index (χ0n) is 15.1. The summed E-state index contributed by atoms with van der Waals surface area (Å²) in [7, 11) is 0. The molecule has 1 unspecified atom stereocenters. The molecule has 0 aliphatic heterocycles. The lowest BCUT2D eigenvalue weighted by Gasteiger charge is -2.20. The number of ether oxygens (including phenoxy) is 1. The van der Waals surface area contributed by atoms with Crippen molar-refractivity contribution in [3.05, 3.63) is 88.4 Å². The van der Waals surface area contributed by atoms with Crippen LogP contribution in [0.2, 0.25) is 10.0 Å². The van der Waals surface area contributed by atoms with E-state index in [9.17, 15) is 4.79 Å². The predicted octanol–water partition coefficient (Wildman–Crippen LogP) is 5.92. The summed E-state index contributed by atoms with van der Waals surface area (Å²) in [5, 5.41) is 1.02. The first-order valence-electron chi connectivity index (χ1n) is 8.76. The van der Waals surface area contributed by atoms with Gasteiger partial charge in [-0.1, -0.05) is 59.6 Å². The van der Waals surface area contributed by atoms with Crippen molar-refractivity contribution in [2.75, 3.05) is 0 Å². The minimum atomic E-state index is -0.506. The van der Waals surface area contributed by atoms with E-state index in [1.807, 2.05) is 29.0 Å². The van der Waals surface area contributed by atoms with Gasteiger partial charge in [0.25, 0.3) is 0 Å². The molecule has 148 valence electrons. The molecule has 7 heteroatoms. The minimum absolute atomic E-state index is 0. The Hall–Kier alpha value is -2.01. The second-order valence-corrected chi connectivity index (χ2v) is 7.09. The fourth-order valence-electron chi connectivity index (χ4n) is 2.85. The molecular formula is C21H21Cl3N2O2. The van der Waals surface area contributed by atoms with Crippen LogP contribution in [0.5, 0.6) is 0 Å². The Labute approximate surface area is 180 Å². The molecule has 3 rings (SSSR count). The third-order valence-electron chi connectivity index (χ3n) is 4.21. The third kappa shape index (κ3) is 6.55. The number of hydrogen-bond acceptors (Lipinski definition) is 3. The molecule has 2 aromatic carbocycles. The molecule has 1 heterocycles. The van der Waals surface area contributed by atoms with Gasteiger partial charge in [0.1, 0.15) is 6.10 Å². The van der Waals surface area contributed by atoms with Gasteiger partial charge in [0, 0.05) is 34.4 Å². The van der Waals surface area contributed by atoms with Crippen molar-refractivity contribution < 1.29 is 9.53 Å². The molecule has 1 aromatic heterocycles. The molecule has 0 amide bonds. The molecule has 0 spiro atoms. The van der Waals surface area contributed by atoms with Crippen molar-refractivity contribution in [1.82, 2.24) is 9.55 Å². The van der Waals surface area contributed by atoms with Crippen LogP contribution < -0.4 is 0 Å². The number of rotatable bonds is 8. The van der Waals surface area contributed by atoms with Gasteiger partial charge in [0.15, 0.2) is 0 Å². The van der Waals surface area contributed by atoms with Crippen LogP contribution >= 0.6 is 35.6 Å². The molecule has 28 heavy (non-hydrogen) atoms. The summed E-state index contributed by atoms with van der Waals surface area (Å²) in [6, 6.07) is 15.3. The van der Waals surface area contributed by atoms with E-state index in [0.717, 1.165) is 18.4 Å². The minimum Gasteiger partial charge on any atom is -0.455 e. The molecule has 0 radical (unpaired) electrons. The number of aromatic nitrogens is 2. The lowest BCUT2D eigenvalue weighted by atomic mass is 10.1. The summed E-state index contributed by atoms with van der Waals surface area (Å²) >= 11 is 12.3. The first-order chi connectivity index (χ1) is 13.1.